The molecule has 0 N–H and O–H groups in total. The molecule has 0 nitrogen and oxygen atoms in total. The smallest absolute Gasteiger partial charge is 0.0164 e. The first kappa shape index (κ1) is 12.9. The van der Waals surface area contributed by atoms with Crippen LogP contribution in [-0.2, 0) is 0 Å². The zero-order valence-electron chi connectivity index (χ0n) is 6.20. The Hall–Kier alpha value is 1.92. The van der Waals surface area contributed by atoms with E-state index in [0.29, 0.717) is 9.65 Å². The van der Waals surface area contributed by atoms with Gasteiger partial charge in [-0.3, -0.25) is 0 Å². The van der Waals surface area contributed by atoms with E-state index in [9.17, 15) is 0 Å². The van der Waals surface area contributed by atoms with E-state index in [1.165, 1.54) is 19.3 Å². The van der Waals surface area contributed by atoms with Crippen LogP contribution < -0.4 is 0 Å². The summed E-state index contributed by atoms with van der Waals surface area (Å²) in [5, 5.41) is 2.16. The highest BCUT2D eigenvalue weighted by Gasteiger charge is 2.09. The van der Waals surface area contributed by atoms with Crippen molar-refractivity contribution in [3.05, 3.63) is 0 Å². The lowest BCUT2D eigenvalue weighted by Gasteiger charge is -2.11. The second-order valence-corrected chi connectivity index (χ2v) is 6.56. The Morgan fingerprint density at radius 3 is 1.45 bits per heavy atom. The van der Waals surface area contributed by atoms with Crippen LogP contribution in [0.4, 0.5) is 0 Å². The summed E-state index contributed by atoms with van der Waals surface area (Å²) in [6.45, 7) is 0. The SMILES string of the molecule is BrCCC(Br)CC(Br)CCBr. The first-order valence-electron chi connectivity index (χ1n) is 3.60. The lowest BCUT2D eigenvalue weighted by atomic mass is 10.2. The van der Waals surface area contributed by atoms with E-state index in [2.05, 4.69) is 63.7 Å². The zero-order chi connectivity index (χ0) is 8.69. The molecule has 0 fully saturated rings. The van der Waals surface area contributed by atoms with Crippen LogP contribution in [0.15, 0.2) is 0 Å². The van der Waals surface area contributed by atoms with Gasteiger partial charge in [0.25, 0.3) is 0 Å². The lowest BCUT2D eigenvalue weighted by molar-refractivity contribution is 0.710. The van der Waals surface area contributed by atoms with Gasteiger partial charge in [0.1, 0.15) is 0 Å². The fraction of sp³-hybridized carbons (Fsp3) is 1.00. The van der Waals surface area contributed by atoms with Gasteiger partial charge in [0.15, 0.2) is 0 Å². The molecule has 0 amide bonds. The van der Waals surface area contributed by atoms with E-state index in [0.717, 1.165) is 10.7 Å². The third kappa shape index (κ3) is 8.26. The Balaban J connectivity index is 3.32. The average Bonchev–Trinajstić information content (AvgIpc) is 1.87. The van der Waals surface area contributed by atoms with Gasteiger partial charge in [-0.1, -0.05) is 63.7 Å². The van der Waals surface area contributed by atoms with Crippen LogP contribution >= 0.6 is 63.7 Å². The van der Waals surface area contributed by atoms with Crippen molar-refractivity contribution < 1.29 is 0 Å². The second kappa shape index (κ2) is 8.52. The minimum Gasteiger partial charge on any atom is -0.0928 e. The highest BCUT2D eigenvalue weighted by molar-refractivity contribution is 9.10. The third-order valence-electron chi connectivity index (χ3n) is 1.36. The van der Waals surface area contributed by atoms with Crippen molar-refractivity contribution in [3.63, 3.8) is 0 Å². The molecular formula is C7H12Br4. The summed E-state index contributed by atoms with van der Waals surface area (Å²) in [6.07, 6.45) is 3.60. The van der Waals surface area contributed by atoms with Gasteiger partial charge >= 0.3 is 0 Å². The van der Waals surface area contributed by atoms with Gasteiger partial charge in [-0.25, -0.2) is 0 Å². The third-order valence-corrected chi connectivity index (χ3v) is 3.94. The van der Waals surface area contributed by atoms with Gasteiger partial charge in [0.05, 0.1) is 0 Å². The minimum atomic E-state index is 0.644. The van der Waals surface area contributed by atoms with Gasteiger partial charge in [-0.05, 0) is 19.3 Å². The molecular weight excluding hydrogens is 404 g/mol. The van der Waals surface area contributed by atoms with Crippen molar-refractivity contribution in [3.8, 4) is 0 Å². The van der Waals surface area contributed by atoms with Crippen molar-refractivity contribution in [1.82, 2.24) is 0 Å². The van der Waals surface area contributed by atoms with E-state index in [4.69, 9.17) is 0 Å². The van der Waals surface area contributed by atoms with E-state index >= 15 is 0 Å². The Bertz CT molecular complexity index is 76.5. The molecule has 0 aromatic rings. The molecule has 0 rings (SSSR count). The molecule has 11 heavy (non-hydrogen) atoms. The molecule has 0 aromatic heterocycles. The quantitative estimate of drug-likeness (QED) is 0.561. The molecule has 0 aliphatic rings. The van der Waals surface area contributed by atoms with Crippen LogP contribution in [0.1, 0.15) is 19.3 Å². The van der Waals surface area contributed by atoms with Crippen molar-refractivity contribution in [2.24, 2.45) is 0 Å². The largest absolute Gasteiger partial charge is 0.0928 e. The minimum absolute atomic E-state index is 0.644. The standard InChI is InChI=1S/C7H12Br4/c8-3-1-6(10)5-7(11)2-4-9/h6-7H,1-5H2. The number of alkyl halides is 4. The molecule has 2 atom stereocenters. The van der Waals surface area contributed by atoms with Crippen molar-refractivity contribution in [1.29, 1.82) is 0 Å². The average molecular weight is 416 g/mol. The van der Waals surface area contributed by atoms with Crippen LogP contribution in [0.25, 0.3) is 0 Å². The molecule has 0 aliphatic carbocycles. The van der Waals surface area contributed by atoms with Crippen LogP contribution in [0.2, 0.25) is 0 Å². The molecule has 68 valence electrons. The summed E-state index contributed by atoms with van der Waals surface area (Å²) in [7, 11) is 0. The van der Waals surface area contributed by atoms with Gasteiger partial charge in [0, 0.05) is 20.3 Å². The van der Waals surface area contributed by atoms with E-state index in [1.54, 1.807) is 0 Å². The zero-order valence-corrected chi connectivity index (χ0v) is 12.5. The highest BCUT2D eigenvalue weighted by atomic mass is 79.9. The maximum absolute atomic E-state index is 3.63. The fourth-order valence-corrected chi connectivity index (χ4v) is 4.95. The Kier molecular flexibility index (Phi) is 10.0. The summed E-state index contributed by atoms with van der Waals surface area (Å²) in [6, 6.07) is 0. The molecule has 0 aliphatic heterocycles. The number of halogens is 4. The molecule has 0 aromatic carbocycles. The first-order chi connectivity index (χ1) is 5.20. The molecule has 0 bridgehead atoms. The predicted octanol–water partition coefficient (Wildman–Crippen LogP) is 4.47. The van der Waals surface area contributed by atoms with Gasteiger partial charge in [-0.15, -0.1) is 0 Å². The topological polar surface area (TPSA) is 0 Å². The molecule has 0 saturated carbocycles. The maximum Gasteiger partial charge on any atom is 0.0164 e. The van der Waals surface area contributed by atoms with E-state index < -0.39 is 0 Å². The molecule has 0 saturated heterocycles. The summed E-state index contributed by atoms with van der Waals surface area (Å²) in [5.74, 6) is 0. The number of hydrogen-bond donors (Lipinski definition) is 0. The molecule has 0 heterocycles. The Morgan fingerprint density at radius 1 is 0.818 bits per heavy atom. The first-order valence-corrected chi connectivity index (χ1v) is 7.68. The number of hydrogen-bond acceptors (Lipinski definition) is 0. The highest BCUT2D eigenvalue weighted by Crippen LogP contribution is 2.20. The number of rotatable bonds is 6. The van der Waals surface area contributed by atoms with Crippen LogP contribution in [0.5, 0.6) is 0 Å². The summed E-state index contributed by atoms with van der Waals surface area (Å²) < 4.78 is 0. The molecule has 0 radical (unpaired) electrons. The van der Waals surface area contributed by atoms with Crippen molar-refractivity contribution in [2.75, 3.05) is 10.7 Å². The van der Waals surface area contributed by atoms with E-state index in [-0.39, 0.29) is 0 Å². The maximum atomic E-state index is 3.63. The fourth-order valence-electron chi connectivity index (χ4n) is 0.750. The van der Waals surface area contributed by atoms with Gasteiger partial charge < -0.3 is 0 Å². The normalized spacial score (nSPS) is 16.4. The monoisotopic (exact) mass is 412 g/mol. The van der Waals surface area contributed by atoms with Gasteiger partial charge in [-0.2, -0.15) is 0 Å². The van der Waals surface area contributed by atoms with Crippen LogP contribution in [0.3, 0.4) is 0 Å². The summed E-state index contributed by atoms with van der Waals surface area (Å²) >= 11 is 14.1. The Morgan fingerprint density at radius 2 is 1.18 bits per heavy atom. The molecule has 2 unspecified atom stereocenters. The summed E-state index contributed by atoms with van der Waals surface area (Å²) in [4.78, 5) is 1.29. The second-order valence-electron chi connectivity index (χ2n) is 2.39. The van der Waals surface area contributed by atoms with Crippen molar-refractivity contribution >= 4 is 63.7 Å². The lowest BCUT2D eigenvalue weighted by Crippen LogP contribution is -2.08. The van der Waals surface area contributed by atoms with E-state index in [1.807, 2.05) is 0 Å². The molecule has 4 heteroatoms. The van der Waals surface area contributed by atoms with Crippen LogP contribution in [-0.4, -0.2) is 20.3 Å². The predicted molar refractivity (Wildman–Crippen MR) is 66.9 cm³/mol. The molecule has 0 spiro atoms. The van der Waals surface area contributed by atoms with Gasteiger partial charge in [0.2, 0.25) is 0 Å². The van der Waals surface area contributed by atoms with Crippen LogP contribution in [0, 0.1) is 0 Å². The van der Waals surface area contributed by atoms with Crippen molar-refractivity contribution in [2.45, 2.75) is 28.9 Å². The summed E-state index contributed by atoms with van der Waals surface area (Å²) in [5.41, 5.74) is 0. The Labute approximate surface area is 102 Å².